The zero-order valence-electron chi connectivity index (χ0n) is 18.3. The van der Waals surface area contributed by atoms with Gasteiger partial charge in [-0.15, -0.1) is 0 Å². The minimum Gasteiger partial charge on any atom is -0.369 e. The van der Waals surface area contributed by atoms with Crippen molar-refractivity contribution in [3.63, 3.8) is 0 Å². The highest BCUT2D eigenvalue weighted by Crippen LogP contribution is 2.25. The number of amides is 1. The van der Waals surface area contributed by atoms with Crippen molar-refractivity contribution in [1.29, 1.82) is 5.26 Å². The number of hydrogen-bond acceptors (Lipinski definition) is 5. The highest BCUT2D eigenvalue weighted by Gasteiger charge is 2.19. The maximum atomic E-state index is 13.5. The van der Waals surface area contributed by atoms with Crippen molar-refractivity contribution in [2.75, 3.05) is 31.5 Å². The molecular formula is C26H26FN5O. The van der Waals surface area contributed by atoms with E-state index in [2.05, 4.69) is 22.0 Å². The molecule has 3 N–H and O–H groups in total. The van der Waals surface area contributed by atoms with Crippen LogP contribution in [0.3, 0.4) is 0 Å². The average Bonchev–Trinajstić information content (AvgIpc) is 3.36. The third-order valence-corrected chi connectivity index (χ3v) is 5.77. The number of nitrogens with zero attached hydrogens (tertiary/aromatic N) is 2. The predicted octanol–water partition coefficient (Wildman–Crippen LogP) is 3.75. The fourth-order valence-electron chi connectivity index (χ4n) is 3.97. The molecule has 1 aromatic heterocycles. The van der Waals surface area contributed by atoms with Crippen molar-refractivity contribution in [2.45, 2.75) is 12.8 Å². The molecule has 1 atom stereocenters. The van der Waals surface area contributed by atoms with E-state index in [1.165, 1.54) is 12.1 Å². The number of anilines is 1. The van der Waals surface area contributed by atoms with E-state index >= 15 is 0 Å². The molecule has 7 heteroatoms. The van der Waals surface area contributed by atoms with Gasteiger partial charge in [-0.2, -0.15) is 5.26 Å². The Balaban J connectivity index is 1.56. The molecule has 0 bridgehead atoms. The van der Waals surface area contributed by atoms with Gasteiger partial charge in [0.1, 0.15) is 11.6 Å². The number of halogens is 1. The molecule has 0 saturated carbocycles. The lowest BCUT2D eigenvalue weighted by Crippen LogP contribution is -2.31. The molecule has 0 radical (unpaired) electrons. The summed E-state index contributed by atoms with van der Waals surface area (Å²) in [6, 6.07) is 19.4. The van der Waals surface area contributed by atoms with Gasteiger partial charge in [-0.3, -0.25) is 4.79 Å². The van der Waals surface area contributed by atoms with E-state index in [1.807, 2.05) is 18.2 Å². The van der Waals surface area contributed by atoms with Gasteiger partial charge in [-0.1, -0.05) is 30.3 Å². The van der Waals surface area contributed by atoms with Crippen LogP contribution in [0.5, 0.6) is 0 Å². The second-order valence-electron chi connectivity index (χ2n) is 8.13. The fraction of sp³-hybridized carbons (Fsp3) is 0.269. The highest BCUT2D eigenvalue weighted by molar-refractivity contribution is 5.99. The van der Waals surface area contributed by atoms with Crippen molar-refractivity contribution in [1.82, 2.24) is 15.6 Å². The Morgan fingerprint density at radius 1 is 1.18 bits per heavy atom. The summed E-state index contributed by atoms with van der Waals surface area (Å²) in [5, 5.41) is 19.0. The second kappa shape index (κ2) is 10.7. The lowest BCUT2D eigenvalue weighted by Gasteiger charge is -2.15. The largest absolute Gasteiger partial charge is 0.369 e. The molecule has 4 rings (SSSR count). The minimum absolute atomic E-state index is 0.192. The number of rotatable bonds is 8. The van der Waals surface area contributed by atoms with Crippen LogP contribution in [-0.4, -0.2) is 37.1 Å². The minimum atomic E-state index is -0.276. The highest BCUT2D eigenvalue weighted by atomic mass is 19.1. The predicted molar refractivity (Wildman–Crippen MR) is 126 cm³/mol. The lowest BCUT2D eigenvalue weighted by atomic mass is 10.0. The normalized spacial score (nSPS) is 15.1. The molecular weight excluding hydrogens is 417 g/mol. The van der Waals surface area contributed by atoms with Crippen molar-refractivity contribution >= 4 is 11.7 Å². The molecule has 0 aliphatic carbocycles. The number of hydrogen-bond donors (Lipinski definition) is 3. The monoisotopic (exact) mass is 443 g/mol. The Labute approximate surface area is 192 Å². The first-order valence-corrected chi connectivity index (χ1v) is 11.1. The van der Waals surface area contributed by atoms with Crippen LogP contribution in [0.1, 0.15) is 27.9 Å². The third-order valence-electron chi connectivity index (χ3n) is 5.77. The van der Waals surface area contributed by atoms with Gasteiger partial charge in [0, 0.05) is 18.7 Å². The molecule has 1 unspecified atom stereocenters. The van der Waals surface area contributed by atoms with Gasteiger partial charge in [0.25, 0.3) is 5.91 Å². The quantitative estimate of drug-likeness (QED) is 0.493. The summed E-state index contributed by atoms with van der Waals surface area (Å²) in [7, 11) is 0. The number of carbonyl (C=O) groups is 1. The van der Waals surface area contributed by atoms with Gasteiger partial charge in [-0.25, -0.2) is 9.37 Å². The number of benzene rings is 2. The van der Waals surface area contributed by atoms with Crippen molar-refractivity contribution in [3.8, 4) is 17.3 Å². The van der Waals surface area contributed by atoms with Gasteiger partial charge in [0.05, 0.1) is 22.9 Å². The molecule has 3 aromatic rings. The van der Waals surface area contributed by atoms with Gasteiger partial charge in [0.15, 0.2) is 0 Å². The summed E-state index contributed by atoms with van der Waals surface area (Å²) in [5.74, 6) is 0.400. The van der Waals surface area contributed by atoms with E-state index in [-0.39, 0.29) is 11.7 Å². The van der Waals surface area contributed by atoms with E-state index in [1.54, 1.807) is 30.3 Å². The van der Waals surface area contributed by atoms with Gasteiger partial charge in [0.2, 0.25) is 0 Å². The Kier molecular flexibility index (Phi) is 7.28. The van der Waals surface area contributed by atoms with E-state index in [0.717, 1.165) is 25.1 Å². The fourth-order valence-corrected chi connectivity index (χ4v) is 3.97. The Morgan fingerprint density at radius 2 is 2.06 bits per heavy atom. The van der Waals surface area contributed by atoms with Crippen LogP contribution in [0, 0.1) is 23.1 Å². The number of nitrogens with one attached hydrogen (secondary N) is 3. The maximum absolute atomic E-state index is 13.5. The third kappa shape index (κ3) is 5.73. The Hall–Kier alpha value is -3.76. The van der Waals surface area contributed by atoms with Gasteiger partial charge >= 0.3 is 0 Å². The first kappa shape index (κ1) is 22.4. The average molecular weight is 444 g/mol. The van der Waals surface area contributed by atoms with Crippen molar-refractivity contribution in [3.05, 3.63) is 83.2 Å². The molecule has 33 heavy (non-hydrogen) atoms. The zero-order chi connectivity index (χ0) is 23.0. The summed E-state index contributed by atoms with van der Waals surface area (Å²) in [6.07, 6.45) is 1.62. The van der Waals surface area contributed by atoms with E-state index in [9.17, 15) is 14.4 Å². The zero-order valence-corrected chi connectivity index (χ0v) is 18.3. The summed E-state index contributed by atoms with van der Waals surface area (Å²) in [5.41, 5.74) is 3.13. The Morgan fingerprint density at radius 3 is 2.85 bits per heavy atom. The van der Waals surface area contributed by atoms with Gasteiger partial charge in [-0.05, 0) is 67.7 Å². The number of nitriles is 1. The molecule has 1 aliphatic rings. The topological polar surface area (TPSA) is 89.8 Å². The molecule has 1 amide bonds. The molecule has 2 aromatic carbocycles. The molecule has 168 valence electrons. The number of carbonyl (C=O) groups excluding carboxylic acids is 1. The second-order valence-corrected chi connectivity index (χ2v) is 8.13. The summed E-state index contributed by atoms with van der Waals surface area (Å²) in [4.78, 5) is 17.6. The SMILES string of the molecule is N#Cc1ccccc1-c1ccc(C(=O)NCC2CCNC2)c(NCCc2cccc(F)c2)n1. The van der Waals surface area contributed by atoms with Crippen molar-refractivity contribution < 1.29 is 9.18 Å². The standard InChI is InChI=1S/C26H26FN5O/c27-21-6-3-4-18(14-21)11-13-30-25-23(26(33)31-17-19-10-12-29-16-19)8-9-24(32-25)22-7-2-1-5-20(22)15-28/h1-9,14,19,29H,10-13,16-17H2,(H,30,32)(H,31,33). The molecule has 6 nitrogen and oxygen atoms in total. The van der Waals surface area contributed by atoms with E-state index in [0.29, 0.717) is 53.6 Å². The molecule has 1 saturated heterocycles. The summed E-state index contributed by atoms with van der Waals surface area (Å²) >= 11 is 0. The molecule has 0 spiro atoms. The van der Waals surface area contributed by atoms with Crippen LogP contribution in [0.2, 0.25) is 0 Å². The number of aromatic nitrogens is 1. The van der Waals surface area contributed by atoms with Crippen LogP contribution in [0.15, 0.2) is 60.7 Å². The first-order valence-electron chi connectivity index (χ1n) is 11.1. The molecule has 2 heterocycles. The molecule has 1 fully saturated rings. The summed E-state index contributed by atoms with van der Waals surface area (Å²) < 4.78 is 13.5. The van der Waals surface area contributed by atoms with Crippen LogP contribution >= 0.6 is 0 Å². The Bertz CT molecular complexity index is 1170. The van der Waals surface area contributed by atoms with Crippen LogP contribution in [0.25, 0.3) is 11.3 Å². The van der Waals surface area contributed by atoms with E-state index in [4.69, 9.17) is 4.98 Å². The first-order chi connectivity index (χ1) is 16.1. The van der Waals surface area contributed by atoms with Crippen LogP contribution in [0.4, 0.5) is 10.2 Å². The van der Waals surface area contributed by atoms with Gasteiger partial charge < -0.3 is 16.0 Å². The maximum Gasteiger partial charge on any atom is 0.255 e. The smallest absolute Gasteiger partial charge is 0.255 e. The summed E-state index contributed by atoms with van der Waals surface area (Å²) in [6.45, 7) is 2.96. The van der Waals surface area contributed by atoms with Crippen LogP contribution in [-0.2, 0) is 6.42 Å². The van der Waals surface area contributed by atoms with Crippen molar-refractivity contribution in [2.24, 2.45) is 5.92 Å². The lowest BCUT2D eigenvalue weighted by molar-refractivity contribution is 0.0948. The molecule has 1 aliphatic heterocycles. The number of pyridine rings is 1. The van der Waals surface area contributed by atoms with E-state index < -0.39 is 0 Å². The van der Waals surface area contributed by atoms with Crippen LogP contribution < -0.4 is 16.0 Å².